The summed E-state index contributed by atoms with van der Waals surface area (Å²) < 4.78 is 17.3. The maximum Gasteiger partial charge on any atom is 0.341 e. The van der Waals surface area contributed by atoms with Crippen LogP contribution in [0.15, 0.2) is 23.5 Å². The number of ether oxygens (including phenoxy) is 2. The maximum absolute atomic E-state index is 12.3. The monoisotopic (exact) mass is 324 g/mol. The molecule has 0 aromatic rings. The Morgan fingerprint density at radius 3 is 2.50 bits per heavy atom. The van der Waals surface area contributed by atoms with Crippen LogP contribution < -0.4 is 0 Å². The summed E-state index contributed by atoms with van der Waals surface area (Å²) in [5, 5.41) is 0. The first-order valence-electron chi connectivity index (χ1n) is 7.93. The number of hydrogen-bond donors (Lipinski definition) is 1. The Morgan fingerprint density at radius 2 is 1.91 bits per heavy atom. The van der Waals surface area contributed by atoms with E-state index in [0.29, 0.717) is 11.1 Å². The fourth-order valence-electron chi connectivity index (χ4n) is 3.23. The van der Waals surface area contributed by atoms with Gasteiger partial charge in [0, 0.05) is 11.1 Å². The van der Waals surface area contributed by atoms with Crippen LogP contribution in [0, 0.1) is 0 Å². The highest BCUT2D eigenvalue weighted by Crippen LogP contribution is 2.46. The van der Waals surface area contributed by atoms with Crippen LogP contribution in [0.3, 0.4) is 0 Å². The van der Waals surface area contributed by atoms with Crippen molar-refractivity contribution in [2.75, 3.05) is 0 Å². The Balaban J connectivity index is 1.91. The highest BCUT2D eigenvalue weighted by Gasteiger charge is 2.60. The fraction of sp³-hybridized carbons (Fsp3) is 0.688. The number of hydrogen-bond acceptors (Lipinski definition) is 5. The van der Waals surface area contributed by atoms with Gasteiger partial charge in [-0.3, -0.25) is 4.79 Å². The van der Waals surface area contributed by atoms with Crippen LogP contribution >= 0.6 is 0 Å². The maximum atomic E-state index is 12.3. The molecule has 22 heavy (non-hydrogen) atoms. The SMILES string of the molecule is CC1C=C2C(=O)[C@@H]3O[C@@H]3[C@@H](O[Si](O)(C(C)C)C(C)C)C2=CO1. The molecule has 2 fully saturated rings. The summed E-state index contributed by atoms with van der Waals surface area (Å²) in [6, 6.07) is 0. The van der Waals surface area contributed by atoms with Crippen molar-refractivity contribution >= 4 is 14.3 Å². The molecule has 3 aliphatic rings. The zero-order valence-electron chi connectivity index (χ0n) is 13.7. The lowest BCUT2D eigenvalue weighted by Crippen LogP contribution is -2.51. The number of Topliss-reactive ketones (excluding diaryl/α,β-unsaturated/α-hetero) is 1. The molecular formula is C16H24O5Si. The Hall–Kier alpha value is -0.953. The molecule has 1 saturated carbocycles. The average Bonchev–Trinajstić information content (AvgIpc) is 3.23. The summed E-state index contributed by atoms with van der Waals surface area (Å²) in [7, 11) is -2.94. The lowest BCUT2D eigenvalue weighted by atomic mass is 9.85. The second kappa shape index (κ2) is 5.30. The van der Waals surface area contributed by atoms with Crippen molar-refractivity contribution in [2.45, 2.75) is 70.1 Å². The van der Waals surface area contributed by atoms with Crippen LogP contribution in [0.2, 0.25) is 11.1 Å². The van der Waals surface area contributed by atoms with E-state index >= 15 is 0 Å². The van der Waals surface area contributed by atoms with Gasteiger partial charge in [0.15, 0.2) is 5.78 Å². The van der Waals surface area contributed by atoms with E-state index in [2.05, 4.69) is 0 Å². The third-order valence-electron chi connectivity index (χ3n) is 4.75. The van der Waals surface area contributed by atoms with Gasteiger partial charge in [0.25, 0.3) is 0 Å². The van der Waals surface area contributed by atoms with Gasteiger partial charge in [0.2, 0.25) is 0 Å². The molecule has 4 atom stereocenters. The van der Waals surface area contributed by atoms with Crippen LogP contribution in [0.25, 0.3) is 0 Å². The van der Waals surface area contributed by atoms with Crippen molar-refractivity contribution in [3.05, 3.63) is 23.5 Å². The van der Waals surface area contributed by atoms with Crippen LogP contribution in [-0.2, 0) is 18.7 Å². The van der Waals surface area contributed by atoms with E-state index in [-0.39, 0.29) is 29.1 Å². The van der Waals surface area contributed by atoms with E-state index in [4.69, 9.17) is 13.9 Å². The molecule has 1 saturated heterocycles. The number of fused-ring (bicyclic) bond motifs is 2. The third kappa shape index (κ3) is 2.38. The topological polar surface area (TPSA) is 68.3 Å². The molecule has 0 amide bonds. The predicted molar refractivity (Wildman–Crippen MR) is 83.4 cm³/mol. The summed E-state index contributed by atoms with van der Waals surface area (Å²) in [6.45, 7) is 9.81. The minimum atomic E-state index is -2.94. The van der Waals surface area contributed by atoms with Crippen molar-refractivity contribution < 1.29 is 23.5 Å². The minimum Gasteiger partial charge on any atom is -0.494 e. The Morgan fingerprint density at radius 1 is 1.27 bits per heavy atom. The average molecular weight is 324 g/mol. The largest absolute Gasteiger partial charge is 0.494 e. The van der Waals surface area contributed by atoms with Gasteiger partial charge >= 0.3 is 8.56 Å². The highest BCUT2D eigenvalue weighted by atomic mass is 28.4. The van der Waals surface area contributed by atoms with Crippen molar-refractivity contribution in [2.24, 2.45) is 0 Å². The molecule has 2 heterocycles. The molecule has 1 N–H and O–H groups in total. The van der Waals surface area contributed by atoms with Crippen LogP contribution in [0.1, 0.15) is 34.6 Å². The zero-order chi connectivity index (χ0) is 16.2. The van der Waals surface area contributed by atoms with E-state index in [9.17, 15) is 9.59 Å². The fourth-order valence-corrected chi connectivity index (χ4v) is 5.77. The van der Waals surface area contributed by atoms with Gasteiger partial charge in [-0.05, 0) is 24.1 Å². The lowest BCUT2D eigenvalue weighted by Gasteiger charge is -2.38. The third-order valence-corrected chi connectivity index (χ3v) is 8.69. The molecule has 2 aliphatic heterocycles. The van der Waals surface area contributed by atoms with Gasteiger partial charge in [-0.1, -0.05) is 27.7 Å². The molecule has 5 nitrogen and oxygen atoms in total. The van der Waals surface area contributed by atoms with Crippen molar-refractivity contribution in [1.82, 2.24) is 0 Å². The molecule has 1 unspecified atom stereocenters. The van der Waals surface area contributed by atoms with Crippen LogP contribution in [-0.4, -0.2) is 43.6 Å². The summed E-state index contributed by atoms with van der Waals surface area (Å²) in [6.07, 6.45) is 2.17. The summed E-state index contributed by atoms with van der Waals surface area (Å²) in [4.78, 5) is 23.4. The first-order chi connectivity index (χ1) is 10.3. The second-order valence-electron chi connectivity index (χ2n) is 6.98. The standard InChI is InChI=1S/C16H24O5Si/c1-8(2)22(18,9(3)4)21-14-12-7-19-10(5)6-11(12)13(17)15-16(14)20-15/h6-10,14-16,18H,1-5H3/t10?,14-,15-,16+/m0/s1. The molecule has 0 spiro atoms. The van der Waals surface area contributed by atoms with Crippen LogP contribution in [0.4, 0.5) is 0 Å². The van der Waals surface area contributed by atoms with Gasteiger partial charge < -0.3 is 18.7 Å². The Bertz CT molecular complexity index is 543. The second-order valence-corrected chi connectivity index (χ2v) is 11.0. The summed E-state index contributed by atoms with van der Waals surface area (Å²) in [5.41, 5.74) is 1.46. The van der Waals surface area contributed by atoms with Crippen molar-refractivity contribution in [1.29, 1.82) is 0 Å². The first-order valence-corrected chi connectivity index (χ1v) is 9.94. The number of ketones is 1. The molecule has 0 aromatic heterocycles. The van der Waals surface area contributed by atoms with E-state index in [1.807, 2.05) is 40.7 Å². The molecule has 0 radical (unpaired) electrons. The quantitative estimate of drug-likeness (QED) is 0.634. The van der Waals surface area contributed by atoms with Gasteiger partial charge in [-0.2, -0.15) is 0 Å². The van der Waals surface area contributed by atoms with Crippen molar-refractivity contribution in [3.8, 4) is 0 Å². The van der Waals surface area contributed by atoms with Gasteiger partial charge in [-0.15, -0.1) is 0 Å². The first kappa shape index (κ1) is 15.9. The molecule has 6 heteroatoms. The van der Waals surface area contributed by atoms with Crippen molar-refractivity contribution in [3.63, 3.8) is 0 Å². The van der Waals surface area contributed by atoms with Gasteiger partial charge in [0.05, 0.1) is 6.26 Å². The summed E-state index contributed by atoms with van der Waals surface area (Å²) >= 11 is 0. The number of carbonyl (C=O) groups is 1. The highest BCUT2D eigenvalue weighted by molar-refractivity contribution is 6.69. The predicted octanol–water partition coefficient (Wildman–Crippen LogP) is 2.21. The Kier molecular flexibility index (Phi) is 3.84. The number of epoxide rings is 1. The lowest BCUT2D eigenvalue weighted by molar-refractivity contribution is -0.117. The normalized spacial score (nSPS) is 33.9. The van der Waals surface area contributed by atoms with E-state index < -0.39 is 20.8 Å². The smallest absolute Gasteiger partial charge is 0.341 e. The molecule has 0 bridgehead atoms. The van der Waals surface area contributed by atoms with Crippen LogP contribution in [0.5, 0.6) is 0 Å². The molecule has 3 rings (SSSR count). The van der Waals surface area contributed by atoms with E-state index in [1.165, 1.54) is 0 Å². The van der Waals surface area contributed by atoms with Gasteiger partial charge in [-0.25, -0.2) is 0 Å². The number of carbonyl (C=O) groups excluding carboxylic acids is 1. The van der Waals surface area contributed by atoms with E-state index in [1.54, 1.807) is 6.26 Å². The molecule has 122 valence electrons. The molecule has 1 aliphatic carbocycles. The number of rotatable bonds is 4. The summed E-state index contributed by atoms with van der Waals surface area (Å²) in [5.74, 6) is 0.00514. The van der Waals surface area contributed by atoms with E-state index in [0.717, 1.165) is 0 Å². The molecular weight excluding hydrogens is 300 g/mol. The van der Waals surface area contributed by atoms with Gasteiger partial charge in [0.1, 0.15) is 24.4 Å². The Labute approximate surface area is 132 Å². The molecule has 0 aromatic carbocycles. The zero-order valence-corrected chi connectivity index (χ0v) is 14.7. The minimum absolute atomic E-state index is 0.00514.